The molecule has 2 aromatic rings. The van der Waals surface area contributed by atoms with Crippen LogP contribution in [0, 0.1) is 0 Å². The molecule has 1 saturated heterocycles. The van der Waals surface area contributed by atoms with Crippen molar-refractivity contribution in [1.82, 2.24) is 10.6 Å². The van der Waals surface area contributed by atoms with Crippen LogP contribution in [0.2, 0.25) is 0 Å². The van der Waals surface area contributed by atoms with Crippen molar-refractivity contribution in [2.75, 3.05) is 0 Å². The number of nitrogens with one attached hydrogen (secondary N) is 2. The van der Waals surface area contributed by atoms with Crippen LogP contribution in [0.5, 0.6) is 0 Å². The molecule has 3 amide bonds. The number of hydrogen-bond donors (Lipinski definition) is 2. The Morgan fingerprint density at radius 3 is 2.41 bits per heavy atom. The summed E-state index contributed by atoms with van der Waals surface area (Å²) < 4.78 is 0. The third kappa shape index (κ3) is 1.63. The normalized spacial score (nSPS) is 19.2. The van der Waals surface area contributed by atoms with Gasteiger partial charge in [0.05, 0.1) is 0 Å². The summed E-state index contributed by atoms with van der Waals surface area (Å²) in [7, 11) is 0. The average Bonchev–Trinajstić information content (AvgIpc) is 2.68. The Morgan fingerprint density at radius 1 is 0.941 bits per heavy atom. The first-order valence-corrected chi connectivity index (χ1v) is 5.34. The highest BCUT2D eigenvalue weighted by Gasteiger charge is 2.30. The number of amides is 3. The van der Waals surface area contributed by atoms with Crippen molar-refractivity contribution in [3.05, 3.63) is 48.0 Å². The molecule has 1 fully saturated rings. The lowest BCUT2D eigenvalue weighted by atomic mass is 10.0. The van der Waals surface area contributed by atoms with Crippen molar-refractivity contribution in [2.45, 2.75) is 6.04 Å². The van der Waals surface area contributed by atoms with Gasteiger partial charge < -0.3 is 5.32 Å². The van der Waals surface area contributed by atoms with Crippen LogP contribution in [0.3, 0.4) is 0 Å². The fourth-order valence-corrected chi connectivity index (χ4v) is 2.04. The van der Waals surface area contributed by atoms with E-state index in [1.165, 1.54) is 0 Å². The van der Waals surface area contributed by atoms with Gasteiger partial charge in [0.1, 0.15) is 6.04 Å². The Labute approximate surface area is 97.6 Å². The Bertz CT molecular complexity index is 622. The molecule has 0 aromatic heterocycles. The molecule has 0 saturated carbocycles. The molecule has 0 aliphatic carbocycles. The van der Waals surface area contributed by atoms with Crippen LogP contribution >= 0.6 is 0 Å². The van der Waals surface area contributed by atoms with Crippen molar-refractivity contribution >= 4 is 22.7 Å². The summed E-state index contributed by atoms with van der Waals surface area (Å²) >= 11 is 0. The predicted molar refractivity (Wildman–Crippen MR) is 63.4 cm³/mol. The number of urea groups is 1. The van der Waals surface area contributed by atoms with Gasteiger partial charge in [-0.15, -0.1) is 0 Å². The van der Waals surface area contributed by atoms with Crippen molar-refractivity contribution in [1.29, 1.82) is 0 Å². The fourth-order valence-electron chi connectivity index (χ4n) is 2.04. The van der Waals surface area contributed by atoms with Crippen molar-refractivity contribution in [2.24, 2.45) is 0 Å². The highest BCUT2D eigenvalue weighted by atomic mass is 16.2. The van der Waals surface area contributed by atoms with Gasteiger partial charge in [-0.05, 0) is 22.4 Å². The number of carbonyl (C=O) groups is 2. The Hall–Kier alpha value is -2.36. The van der Waals surface area contributed by atoms with E-state index in [2.05, 4.69) is 10.6 Å². The van der Waals surface area contributed by atoms with Crippen molar-refractivity contribution in [3.63, 3.8) is 0 Å². The predicted octanol–water partition coefficient (Wildman–Crippen LogP) is 1.72. The number of rotatable bonds is 1. The molecule has 0 unspecified atom stereocenters. The number of hydrogen-bond acceptors (Lipinski definition) is 2. The zero-order valence-electron chi connectivity index (χ0n) is 8.94. The maximum Gasteiger partial charge on any atom is 0.322 e. The molecular weight excluding hydrogens is 216 g/mol. The van der Waals surface area contributed by atoms with E-state index < -0.39 is 12.1 Å². The van der Waals surface area contributed by atoms with E-state index in [1.54, 1.807) is 0 Å². The highest BCUT2D eigenvalue weighted by molar-refractivity contribution is 6.04. The van der Waals surface area contributed by atoms with E-state index >= 15 is 0 Å². The summed E-state index contributed by atoms with van der Waals surface area (Å²) in [5, 5.41) is 6.98. The second-order valence-electron chi connectivity index (χ2n) is 4.00. The summed E-state index contributed by atoms with van der Waals surface area (Å²) in [6.45, 7) is 0. The minimum Gasteiger partial charge on any atom is -0.322 e. The Balaban J connectivity index is 2.06. The van der Waals surface area contributed by atoms with Crippen LogP contribution in [-0.4, -0.2) is 11.9 Å². The molecular formula is C13H10N2O2. The van der Waals surface area contributed by atoms with E-state index in [-0.39, 0.29) is 5.91 Å². The molecule has 84 valence electrons. The van der Waals surface area contributed by atoms with Crippen LogP contribution in [0.1, 0.15) is 11.6 Å². The zero-order chi connectivity index (χ0) is 11.8. The maximum absolute atomic E-state index is 11.5. The fraction of sp³-hybridized carbons (Fsp3) is 0.0769. The highest BCUT2D eigenvalue weighted by Crippen LogP contribution is 2.22. The van der Waals surface area contributed by atoms with Gasteiger partial charge in [-0.2, -0.15) is 0 Å². The van der Waals surface area contributed by atoms with E-state index in [4.69, 9.17) is 0 Å². The zero-order valence-corrected chi connectivity index (χ0v) is 8.94. The third-order valence-electron chi connectivity index (χ3n) is 2.88. The minimum absolute atomic E-state index is 0.301. The molecule has 4 heteroatoms. The Morgan fingerprint density at radius 2 is 1.71 bits per heavy atom. The number of imide groups is 1. The number of benzene rings is 2. The topological polar surface area (TPSA) is 58.2 Å². The second kappa shape index (κ2) is 3.59. The number of carbonyl (C=O) groups excluding carboxylic acids is 2. The molecule has 1 aliphatic heterocycles. The van der Waals surface area contributed by atoms with Gasteiger partial charge in [-0.1, -0.05) is 36.4 Å². The van der Waals surface area contributed by atoms with Gasteiger partial charge >= 0.3 is 6.03 Å². The van der Waals surface area contributed by atoms with Gasteiger partial charge in [0.25, 0.3) is 5.91 Å². The van der Waals surface area contributed by atoms with E-state index in [0.29, 0.717) is 0 Å². The monoisotopic (exact) mass is 226 g/mol. The lowest BCUT2D eigenvalue weighted by Crippen LogP contribution is -2.22. The standard InChI is InChI=1S/C13H10N2O2/c16-12-11(14-13(17)15-12)10-6-5-8-3-1-2-4-9(8)7-10/h1-7,11H,(H2,14,15,16,17)/t11-/m0/s1. The molecule has 0 bridgehead atoms. The van der Waals surface area contributed by atoms with Gasteiger partial charge in [0.15, 0.2) is 0 Å². The molecule has 17 heavy (non-hydrogen) atoms. The first-order chi connectivity index (χ1) is 8.24. The largest absolute Gasteiger partial charge is 0.322 e. The van der Waals surface area contributed by atoms with Crippen LogP contribution in [0.15, 0.2) is 42.5 Å². The molecule has 4 nitrogen and oxygen atoms in total. The molecule has 1 aliphatic rings. The summed E-state index contributed by atoms with van der Waals surface area (Å²) in [5.74, 6) is -0.301. The lowest BCUT2D eigenvalue weighted by molar-refractivity contribution is -0.120. The van der Waals surface area contributed by atoms with Gasteiger partial charge in [0, 0.05) is 0 Å². The molecule has 2 N–H and O–H groups in total. The van der Waals surface area contributed by atoms with Crippen LogP contribution in [0.4, 0.5) is 4.79 Å². The SMILES string of the molecule is O=C1NC(=O)[C@H](c2ccc3ccccc3c2)N1. The second-order valence-corrected chi connectivity index (χ2v) is 4.00. The average molecular weight is 226 g/mol. The number of fused-ring (bicyclic) bond motifs is 1. The van der Waals surface area contributed by atoms with Gasteiger partial charge in [-0.3, -0.25) is 10.1 Å². The minimum atomic E-state index is -0.577. The van der Waals surface area contributed by atoms with Crippen LogP contribution < -0.4 is 10.6 Å². The van der Waals surface area contributed by atoms with Crippen molar-refractivity contribution < 1.29 is 9.59 Å². The van der Waals surface area contributed by atoms with Gasteiger partial charge in [0.2, 0.25) is 0 Å². The first kappa shape index (κ1) is 9.84. The molecule has 0 spiro atoms. The lowest BCUT2D eigenvalue weighted by Gasteiger charge is -2.08. The molecule has 0 radical (unpaired) electrons. The smallest absolute Gasteiger partial charge is 0.322 e. The van der Waals surface area contributed by atoms with E-state index in [9.17, 15) is 9.59 Å². The molecule has 3 rings (SSSR count). The maximum atomic E-state index is 11.5. The Kier molecular flexibility index (Phi) is 2.08. The third-order valence-corrected chi connectivity index (χ3v) is 2.88. The van der Waals surface area contributed by atoms with Crippen LogP contribution in [-0.2, 0) is 4.79 Å². The first-order valence-electron chi connectivity index (χ1n) is 5.34. The van der Waals surface area contributed by atoms with Crippen LogP contribution in [0.25, 0.3) is 10.8 Å². The summed E-state index contributed by atoms with van der Waals surface area (Å²) in [6.07, 6.45) is 0. The molecule has 2 aromatic carbocycles. The van der Waals surface area contributed by atoms with Gasteiger partial charge in [-0.25, -0.2) is 4.79 Å². The summed E-state index contributed by atoms with van der Waals surface area (Å²) in [4.78, 5) is 22.6. The van der Waals surface area contributed by atoms with E-state index in [0.717, 1.165) is 16.3 Å². The quantitative estimate of drug-likeness (QED) is 0.727. The van der Waals surface area contributed by atoms with Crippen molar-refractivity contribution in [3.8, 4) is 0 Å². The summed E-state index contributed by atoms with van der Waals surface area (Å²) in [6, 6.07) is 12.6. The molecule has 1 heterocycles. The summed E-state index contributed by atoms with van der Waals surface area (Å²) in [5.41, 5.74) is 0.798. The van der Waals surface area contributed by atoms with E-state index in [1.807, 2.05) is 42.5 Å². The molecule has 1 atom stereocenters.